The highest BCUT2D eigenvalue weighted by Gasteiger charge is 2.67. The number of rotatable bonds is 3. The van der Waals surface area contributed by atoms with E-state index in [1.165, 1.54) is 4.90 Å². The van der Waals surface area contributed by atoms with E-state index in [4.69, 9.17) is 23.2 Å². The van der Waals surface area contributed by atoms with Crippen molar-refractivity contribution in [2.45, 2.75) is 6.42 Å². The number of anilines is 2. The van der Waals surface area contributed by atoms with Crippen LogP contribution in [0.5, 0.6) is 0 Å². The number of imide groups is 1. The maximum absolute atomic E-state index is 13.3. The average Bonchev–Trinajstić information content (AvgIpc) is 3.54. The van der Waals surface area contributed by atoms with Crippen molar-refractivity contribution in [3.8, 4) is 0 Å². The zero-order valence-corrected chi connectivity index (χ0v) is 17.8. The molecule has 3 fully saturated rings. The molecule has 5 aliphatic rings. The summed E-state index contributed by atoms with van der Waals surface area (Å²) in [5.74, 6) is 0.279. The van der Waals surface area contributed by atoms with Crippen LogP contribution in [0, 0.1) is 35.5 Å². The van der Waals surface area contributed by atoms with Crippen LogP contribution in [-0.4, -0.2) is 17.7 Å². The molecule has 0 aromatic heterocycles. The lowest BCUT2D eigenvalue weighted by atomic mass is 9.63. The summed E-state index contributed by atoms with van der Waals surface area (Å²) < 4.78 is 0. The first-order valence-corrected chi connectivity index (χ1v) is 11.1. The van der Waals surface area contributed by atoms with Crippen LogP contribution in [0.25, 0.3) is 0 Å². The van der Waals surface area contributed by atoms with Gasteiger partial charge in [0, 0.05) is 11.3 Å². The van der Waals surface area contributed by atoms with E-state index in [0.29, 0.717) is 38.8 Å². The summed E-state index contributed by atoms with van der Waals surface area (Å²) in [6.07, 6.45) is 5.42. The number of hydrogen-bond donors (Lipinski definition) is 1. The maximum atomic E-state index is 13.3. The lowest BCUT2D eigenvalue weighted by molar-refractivity contribution is -0.124. The van der Waals surface area contributed by atoms with Gasteiger partial charge < -0.3 is 5.32 Å². The molecule has 2 aromatic carbocycles. The van der Waals surface area contributed by atoms with E-state index < -0.39 is 0 Å². The molecule has 2 saturated carbocycles. The second-order valence-corrected chi connectivity index (χ2v) is 9.61. The van der Waals surface area contributed by atoms with Crippen LogP contribution in [0.4, 0.5) is 11.4 Å². The van der Waals surface area contributed by atoms with Gasteiger partial charge in [-0.25, -0.2) is 4.90 Å². The maximum Gasteiger partial charge on any atom is 0.255 e. The zero-order valence-electron chi connectivity index (χ0n) is 16.3. The molecule has 3 amide bonds. The fourth-order valence-corrected chi connectivity index (χ4v) is 6.07. The zero-order chi connectivity index (χ0) is 21.4. The Labute approximate surface area is 189 Å². The Morgan fingerprint density at radius 1 is 0.903 bits per heavy atom. The van der Waals surface area contributed by atoms with Gasteiger partial charge in [0.15, 0.2) is 0 Å². The minimum absolute atomic E-state index is 0.137. The molecule has 6 atom stereocenters. The summed E-state index contributed by atoms with van der Waals surface area (Å²) in [5, 5.41) is 3.51. The van der Waals surface area contributed by atoms with Crippen molar-refractivity contribution in [1.82, 2.24) is 0 Å². The van der Waals surface area contributed by atoms with E-state index in [0.717, 1.165) is 6.42 Å². The SMILES string of the molecule is O=C(Nc1ccc(Cl)c(Cl)c1)c1cccc(N2C(=O)[C@@H]3[C@H]4C=C[C@@H]([C@@H]5C[C@H]45)[C@H]3C2=O)c1. The van der Waals surface area contributed by atoms with Crippen molar-refractivity contribution < 1.29 is 14.4 Å². The highest BCUT2D eigenvalue weighted by atomic mass is 35.5. The quantitative estimate of drug-likeness (QED) is 0.536. The van der Waals surface area contributed by atoms with Gasteiger partial charge in [-0.15, -0.1) is 0 Å². The van der Waals surface area contributed by atoms with Crippen molar-refractivity contribution in [3.05, 3.63) is 70.2 Å². The normalized spacial score (nSPS) is 32.1. The third-order valence-corrected chi connectivity index (χ3v) is 7.95. The van der Waals surface area contributed by atoms with Crippen LogP contribution < -0.4 is 10.2 Å². The van der Waals surface area contributed by atoms with Crippen molar-refractivity contribution in [1.29, 1.82) is 0 Å². The summed E-state index contributed by atoms with van der Waals surface area (Å²) >= 11 is 11.9. The summed E-state index contributed by atoms with van der Waals surface area (Å²) in [4.78, 5) is 40.6. The smallest absolute Gasteiger partial charge is 0.255 e. The predicted octanol–water partition coefficient (Wildman–Crippen LogP) is 4.80. The van der Waals surface area contributed by atoms with Gasteiger partial charge in [0.25, 0.3) is 5.91 Å². The number of carbonyl (C=O) groups is 3. The van der Waals surface area contributed by atoms with Crippen LogP contribution in [0.15, 0.2) is 54.6 Å². The minimum Gasteiger partial charge on any atom is -0.322 e. The summed E-state index contributed by atoms with van der Waals surface area (Å²) in [6.45, 7) is 0. The molecule has 0 spiro atoms. The third kappa shape index (κ3) is 2.80. The predicted molar refractivity (Wildman–Crippen MR) is 118 cm³/mol. The minimum atomic E-state index is -0.361. The molecule has 31 heavy (non-hydrogen) atoms. The van der Waals surface area contributed by atoms with Crippen LogP contribution in [0.1, 0.15) is 16.8 Å². The molecule has 1 saturated heterocycles. The molecule has 1 aliphatic heterocycles. The molecular weight excluding hydrogens is 435 g/mol. The van der Waals surface area contributed by atoms with Crippen molar-refractivity contribution in [2.75, 3.05) is 10.2 Å². The van der Waals surface area contributed by atoms with Crippen LogP contribution in [0.2, 0.25) is 10.0 Å². The summed E-state index contributed by atoms with van der Waals surface area (Å²) in [5.41, 5.74) is 1.30. The molecule has 156 valence electrons. The monoisotopic (exact) mass is 452 g/mol. The lowest BCUT2D eigenvalue weighted by Gasteiger charge is -2.37. The summed E-state index contributed by atoms with van der Waals surface area (Å²) in [7, 11) is 0. The molecule has 2 bridgehead atoms. The van der Waals surface area contributed by atoms with Crippen LogP contribution >= 0.6 is 23.2 Å². The van der Waals surface area contributed by atoms with Gasteiger partial charge in [-0.1, -0.05) is 41.4 Å². The molecule has 0 radical (unpaired) electrons. The number of carbonyl (C=O) groups excluding carboxylic acids is 3. The molecule has 4 aliphatic carbocycles. The van der Waals surface area contributed by atoms with Gasteiger partial charge >= 0.3 is 0 Å². The van der Waals surface area contributed by atoms with E-state index in [1.807, 2.05) is 0 Å². The van der Waals surface area contributed by atoms with Gasteiger partial charge in [0.05, 0.1) is 27.6 Å². The lowest BCUT2D eigenvalue weighted by Crippen LogP contribution is -2.40. The van der Waals surface area contributed by atoms with E-state index in [9.17, 15) is 14.4 Å². The largest absolute Gasteiger partial charge is 0.322 e. The Balaban J connectivity index is 1.28. The van der Waals surface area contributed by atoms with Gasteiger partial charge in [-0.2, -0.15) is 0 Å². The van der Waals surface area contributed by atoms with Crippen LogP contribution in [-0.2, 0) is 9.59 Å². The number of hydrogen-bond acceptors (Lipinski definition) is 3. The fraction of sp³-hybridized carbons (Fsp3) is 0.292. The second-order valence-electron chi connectivity index (χ2n) is 8.80. The number of allylic oxidation sites excluding steroid dienone is 2. The van der Waals surface area contributed by atoms with E-state index in [2.05, 4.69) is 17.5 Å². The first-order chi connectivity index (χ1) is 14.9. The Morgan fingerprint density at radius 2 is 1.58 bits per heavy atom. The average molecular weight is 453 g/mol. The fourth-order valence-electron chi connectivity index (χ4n) is 5.77. The van der Waals surface area contributed by atoms with Gasteiger partial charge in [-0.05, 0) is 66.5 Å². The van der Waals surface area contributed by atoms with Crippen molar-refractivity contribution >= 4 is 52.3 Å². The number of nitrogens with zero attached hydrogens (tertiary/aromatic N) is 1. The molecule has 5 nitrogen and oxygen atoms in total. The highest BCUT2D eigenvalue weighted by molar-refractivity contribution is 6.42. The summed E-state index contributed by atoms with van der Waals surface area (Å²) in [6, 6.07) is 11.5. The topological polar surface area (TPSA) is 66.5 Å². The molecule has 7 heteroatoms. The number of amides is 3. The number of nitrogens with one attached hydrogen (secondary N) is 1. The van der Waals surface area contributed by atoms with Crippen LogP contribution in [0.3, 0.4) is 0 Å². The second kappa shape index (κ2) is 6.68. The highest BCUT2D eigenvalue weighted by Crippen LogP contribution is 2.65. The molecule has 0 unspecified atom stereocenters. The molecule has 2 aromatic rings. The first-order valence-electron chi connectivity index (χ1n) is 10.4. The van der Waals surface area contributed by atoms with E-state index >= 15 is 0 Å². The van der Waals surface area contributed by atoms with Gasteiger partial charge in [0.1, 0.15) is 0 Å². The Bertz CT molecular complexity index is 1160. The molecule has 1 heterocycles. The van der Waals surface area contributed by atoms with Gasteiger partial charge in [-0.3, -0.25) is 14.4 Å². The van der Waals surface area contributed by atoms with E-state index in [-0.39, 0.29) is 41.4 Å². The molecule has 7 rings (SSSR count). The first kappa shape index (κ1) is 19.1. The Morgan fingerprint density at radius 3 is 2.23 bits per heavy atom. The van der Waals surface area contributed by atoms with Crippen molar-refractivity contribution in [3.63, 3.8) is 0 Å². The molecular formula is C24H18Cl2N2O3. The van der Waals surface area contributed by atoms with Gasteiger partial charge in [0.2, 0.25) is 11.8 Å². The van der Waals surface area contributed by atoms with Crippen molar-refractivity contribution in [2.24, 2.45) is 35.5 Å². The Kier molecular flexibility index (Phi) is 4.11. The number of halogens is 2. The molecule has 1 N–H and O–H groups in total. The number of benzene rings is 2. The Hall–Kier alpha value is -2.63. The standard InChI is InChI=1S/C24H18Cl2N2O3/c25-18-7-4-12(9-19(18)26)27-22(29)11-2-1-3-13(8-11)28-23(30)20-14-5-6-15(17-10-16(14)17)21(20)24(28)31/h1-9,14-17,20-21H,10H2,(H,27,29)/t14-,15-,16-,17+,20+,21+/m0/s1. The third-order valence-electron chi connectivity index (χ3n) is 7.21. The van der Waals surface area contributed by atoms with E-state index in [1.54, 1.807) is 42.5 Å².